The van der Waals surface area contributed by atoms with E-state index >= 15 is 0 Å². The van der Waals surface area contributed by atoms with Crippen molar-refractivity contribution in [2.24, 2.45) is 0 Å². The summed E-state index contributed by atoms with van der Waals surface area (Å²) >= 11 is 3.56. The van der Waals surface area contributed by atoms with Crippen LogP contribution in [0.5, 0.6) is 0 Å². The van der Waals surface area contributed by atoms with E-state index < -0.39 is 0 Å². The molecule has 2 N–H and O–H groups in total. The third kappa shape index (κ3) is 3.62. The Labute approximate surface area is 182 Å². The van der Waals surface area contributed by atoms with Gasteiger partial charge in [0.15, 0.2) is 5.65 Å². The maximum Gasteiger partial charge on any atom is 0.165 e. The highest BCUT2D eigenvalue weighted by molar-refractivity contribution is 9.10. The first-order chi connectivity index (χ1) is 14.7. The summed E-state index contributed by atoms with van der Waals surface area (Å²) in [5, 5.41) is 0.768. The number of hydrogen-bond donors (Lipinski definition) is 1. The second-order valence-corrected chi connectivity index (χ2v) is 8.08. The number of rotatable bonds is 3. The van der Waals surface area contributed by atoms with Crippen LogP contribution in [0.15, 0.2) is 65.4 Å². The van der Waals surface area contributed by atoms with Crippen molar-refractivity contribution in [3.05, 3.63) is 65.4 Å². The Balaban J connectivity index is 1.61. The van der Waals surface area contributed by atoms with Crippen LogP contribution in [0.2, 0.25) is 0 Å². The van der Waals surface area contributed by atoms with E-state index in [1.165, 1.54) is 12.0 Å². The summed E-state index contributed by atoms with van der Waals surface area (Å²) < 4.78 is 6.45. The topological polar surface area (TPSA) is 77.2 Å². The summed E-state index contributed by atoms with van der Waals surface area (Å²) in [5.74, 6) is 0.427. The average molecular weight is 462 g/mol. The summed E-state index contributed by atoms with van der Waals surface area (Å²) in [4.78, 5) is 15.7. The van der Waals surface area contributed by atoms with Crippen LogP contribution < -0.4 is 10.6 Å². The van der Waals surface area contributed by atoms with E-state index in [1.54, 1.807) is 0 Å². The van der Waals surface area contributed by atoms with Crippen LogP contribution in [0, 0.1) is 0 Å². The Hall–Kier alpha value is -3.03. The number of hydrogen-bond acceptors (Lipinski definition) is 6. The van der Waals surface area contributed by atoms with E-state index in [4.69, 9.17) is 15.5 Å². The molecule has 2 aromatic carbocycles. The van der Waals surface area contributed by atoms with Crippen molar-refractivity contribution in [1.29, 1.82) is 0 Å². The minimum Gasteiger partial charge on any atom is -0.383 e. The van der Waals surface area contributed by atoms with Gasteiger partial charge in [0, 0.05) is 28.8 Å². The molecule has 0 saturated carbocycles. The zero-order valence-corrected chi connectivity index (χ0v) is 17.8. The largest absolute Gasteiger partial charge is 0.383 e. The van der Waals surface area contributed by atoms with E-state index in [0.29, 0.717) is 11.5 Å². The van der Waals surface area contributed by atoms with Crippen LogP contribution in [-0.4, -0.2) is 41.3 Å². The Morgan fingerprint density at radius 1 is 0.933 bits per heavy atom. The van der Waals surface area contributed by atoms with E-state index in [9.17, 15) is 0 Å². The van der Waals surface area contributed by atoms with E-state index in [1.807, 2.05) is 12.1 Å². The van der Waals surface area contributed by atoms with Crippen LogP contribution in [0.4, 0.5) is 11.5 Å². The highest BCUT2D eigenvalue weighted by Gasteiger charge is 2.15. The molecule has 1 aliphatic heterocycles. The number of aromatic nitrogens is 3. The van der Waals surface area contributed by atoms with Gasteiger partial charge < -0.3 is 15.4 Å². The molecule has 5 rings (SSSR count). The maximum absolute atomic E-state index is 6.21. The Bertz CT molecular complexity index is 1210. The highest BCUT2D eigenvalue weighted by atomic mass is 79.9. The van der Waals surface area contributed by atoms with Gasteiger partial charge >= 0.3 is 0 Å². The molecular weight excluding hydrogens is 442 g/mol. The van der Waals surface area contributed by atoms with Crippen molar-refractivity contribution in [2.45, 2.75) is 0 Å². The smallest absolute Gasteiger partial charge is 0.165 e. The third-order valence-corrected chi connectivity index (χ3v) is 5.80. The fourth-order valence-electron chi connectivity index (χ4n) is 3.78. The monoisotopic (exact) mass is 461 g/mol. The summed E-state index contributed by atoms with van der Waals surface area (Å²) in [7, 11) is 0. The van der Waals surface area contributed by atoms with Crippen molar-refractivity contribution in [2.75, 3.05) is 36.9 Å². The molecule has 7 heteroatoms. The van der Waals surface area contributed by atoms with Crippen LogP contribution in [0.1, 0.15) is 0 Å². The van der Waals surface area contributed by atoms with Gasteiger partial charge in [-0.15, -0.1) is 0 Å². The van der Waals surface area contributed by atoms with Crippen molar-refractivity contribution in [3.8, 4) is 22.4 Å². The number of nitrogens with two attached hydrogens (primary N) is 1. The van der Waals surface area contributed by atoms with Gasteiger partial charge in [0.1, 0.15) is 12.1 Å². The zero-order valence-electron chi connectivity index (χ0n) is 16.3. The molecule has 0 atom stereocenters. The van der Waals surface area contributed by atoms with Crippen LogP contribution >= 0.6 is 15.9 Å². The molecular formula is C23H20BrN5O. The molecule has 0 aliphatic carbocycles. The summed E-state index contributed by atoms with van der Waals surface area (Å²) in [5.41, 5.74) is 11.9. The maximum atomic E-state index is 6.21. The second-order valence-electron chi connectivity index (χ2n) is 7.17. The van der Waals surface area contributed by atoms with Crippen LogP contribution in [-0.2, 0) is 4.74 Å². The fraction of sp³-hybridized carbons (Fsp3) is 0.174. The molecule has 1 aliphatic rings. The van der Waals surface area contributed by atoms with Crippen LogP contribution in [0.25, 0.3) is 33.4 Å². The average Bonchev–Trinajstić information content (AvgIpc) is 2.79. The van der Waals surface area contributed by atoms with Crippen molar-refractivity contribution in [1.82, 2.24) is 15.0 Å². The fourth-order valence-corrected chi connectivity index (χ4v) is 4.18. The standard InChI is InChI=1S/C23H20BrN5O/c24-17-3-1-2-16(12-17)19-13-20(28-23-21(19)22(25)26-14-27-23)15-4-6-18(7-5-15)29-8-10-30-11-9-29/h1-7,12-14H,8-11H2,(H2,25,26,27,28). The second kappa shape index (κ2) is 8.01. The first-order valence-corrected chi connectivity index (χ1v) is 10.6. The summed E-state index contributed by atoms with van der Waals surface area (Å²) in [6, 6.07) is 18.7. The van der Waals surface area contributed by atoms with Gasteiger partial charge in [0.05, 0.1) is 24.3 Å². The number of ether oxygens (including phenoxy) is 1. The van der Waals surface area contributed by atoms with Crippen LogP contribution in [0.3, 0.4) is 0 Å². The van der Waals surface area contributed by atoms with E-state index in [-0.39, 0.29) is 0 Å². The minimum absolute atomic E-state index is 0.427. The number of anilines is 2. The van der Waals surface area contributed by atoms with Gasteiger partial charge in [-0.1, -0.05) is 40.2 Å². The Kier molecular flexibility index (Phi) is 5.06. The highest BCUT2D eigenvalue weighted by Crippen LogP contribution is 2.35. The lowest BCUT2D eigenvalue weighted by molar-refractivity contribution is 0.122. The molecule has 0 radical (unpaired) electrons. The molecule has 0 bridgehead atoms. The molecule has 1 fully saturated rings. The van der Waals surface area contributed by atoms with Gasteiger partial charge in [-0.2, -0.15) is 0 Å². The summed E-state index contributed by atoms with van der Waals surface area (Å²) in [6.07, 6.45) is 1.46. The number of morpholine rings is 1. The first kappa shape index (κ1) is 19.0. The number of halogens is 1. The molecule has 150 valence electrons. The minimum atomic E-state index is 0.427. The SMILES string of the molecule is Nc1ncnc2nc(-c3ccc(N4CCOCC4)cc3)cc(-c3cccc(Br)c3)c12. The Morgan fingerprint density at radius 2 is 1.73 bits per heavy atom. The van der Waals surface area contributed by atoms with E-state index in [0.717, 1.165) is 58.5 Å². The van der Waals surface area contributed by atoms with Gasteiger partial charge in [0.2, 0.25) is 0 Å². The molecule has 0 spiro atoms. The quantitative estimate of drug-likeness (QED) is 0.482. The molecule has 0 amide bonds. The number of fused-ring (bicyclic) bond motifs is 1. The number of nitrogens with zero attached hydrogens (tertiary/aromatic N) is 4. The number of pyridine rings is 1. The van der Waals surface area contributed by atoms with Gasteiger partial charge in [-0.05, 0) is 41.5 Å². The summed E-state index contributed by atoms with van der Waals surface area (Å²) in [6.45, 7) is 3.36. The lowest BCUT2D eigenvalue weighted by atomic mass is 9.99. The zero-order chi connectivity index (χ0) is 20.5. The molecule has 1 saturated heterocycles. The van der Waals surface area contributed by atoms with Gasteiger partial charge in [-0.3, -0.25) is 0 Å². The predicted octanol–water partition coefficient (Wildman–Crippen LogP) is 4.54. The molecule has 4 aromatic rings. The lowest BCUT2D eigenvalue weighted by Crippen LogP contribution is -2.36. The van der Waals surface area contributed by atoms with Gasteiger partial charge in [-0.25, -0.2) is 15.0 Å². The number of nitrogen functional groups attached to an aromatic ring is 1. The predicted molar refractivity (Wildman–Crippen MR) is 123 cm³/mol. The molecule has 3 heterocycles. The van der Waals surface area contributed by atoms with E-state index in [2.05, 4.69) is 73.3 Å². The lowest BCUT2D eigenvalue weighted by Gasteiger charge is -2.28. The first-order valence-electron chi connectivity index (χ1n) is 9.79. The van der Waals surface area contributed by atoms with Crippen molar-refractivity contribution < 1.29 is 4.74 Å². The molecule has 2 aromatic heterocycles. The van der Waals surface area contributed by atoms with Crippen molar-refractivity contribution >= 4 is 38.5 Å². The van der Waals surface area contributed by atoms with Crippen molar-refractivity contribution in [3.63, 3.8) is 0 Å². The molecule has 6 nitrogen and oxygen atoms in total. The molecule has 30 heavy (non-hydrogen) atoms. The Morgan fingerprint density at radius 3 is 2.50 bits per heavy atom. The molecule has 0 unspecified atom stereocenters. The normalized spacial score (nSPS) is 14.2. The number of benzene rings is 2. The van der Waals surface area contributed by atoms with Gasteiger partial charge in [0.25, 0.3) is 0 Å². The third-order valence-electron chi connectivity index (χ3n) is 5.31.